The average molecular weight is 305 g/mol. The molecule has 1 aliphatic heterocycles. The van der Waals surface area contributed by atoms with Gasteiger partial charge in [-0.25, -0.2) is 9.79 Å². The van der Waals surface area contributed by atoms with Crippen LogP contribution in [0.4, 0.5) is 0 Å². The number of esters is 1. The van der Waals surface area contributed by atoms with Crippen LogP contribution >= 0.6 is 0 Å². The van der Waals surface area contributed by atoms with E-state index in [1.54, 1.807) is 13.2 Å². The fraction of sp³-hybridized carbons (Fsp3) is 0.158. The molecule has 0 spiro atoms. The number of fused-ring (bicyclic) bond motifs is 1. The number of hydrogen-bond acceptors (Lipinski definition) is 4. The third-order valence-corrected chi connectivity index (χ3v) is 4.09. The topological polar surface area (TPSA) is 51.8 Å². The van der Waals surface area contributed by atoms with Crippen LogP contribution in [-0.4, -0.2) is 17.4 Å². The van der Waals surface area contributed by atoms with Gasteiger partial charge in [0.05, 0.1) is 6.26 Å². The number of rotatable bonds is 3. The number of aliphatic imine (C=N–C) groups is 1. The average Bonchev–Trinajstić information content (AvgIpc) is 3.11. The van der Waals surface area contributed by atoms with Gasteiger partial charge in [-0.05, 0) is 25.1 Å². The number of cyclic esters (lactones) is 1. The zero-order valence-corrected chi connectivity index (χ0v) is 12.7. The minimum Gasteiger partial charge on any atom is -0.464 e. The Labute approximate surface area is 133 Å². The molecule has 0 saturated carbocycles. The second-order valence-electron chi connectivity index (χ2n) is 5.88. The summed E-state index contributed by atoms with van der Waals surface area (Å²) in [5.74, 6) is 0.0486. The van der Waals surface area contributed by atoms with Crippen LogP contribution in [0.15, 0.2) is 70.3 Å². The minimum absolute atomic E-state index is 0.332. The van der Waals surface area contributed by atoms with E-state index in [0.29, 0.717) is 12.3 Å². The summed E-state index contributed by atoms with van der Waals surface area (Å²) in [7, 11) is 0. The van der Waals surface area contributed by atoms with Crippen molar-refractivity contribution < 1.29 is 13.9 Å². The SMILES string of the molecule is C[C@@]1(Cc2coc3ccccc23)N=C(c2ccccc2)OC1=O. The Morgan fingerprint density at radius 2 is 1.78 bits per heavy atom. The largest absolute Gasteiger partial charge is 0.464 e. The van der Waals surface area contributed by atoms with Gasteiger partial charge in [0.2, 0.25) is 5.90 Å². The van der Waals surface area contributed by atoms with E-state index < -0.39 is 5.54 Å². The Morgan fingerprint density at radius 1 is 1.04 bits per heavy atom. The number of para-hydroxylation sites is 1. The van der Waals surface area contributed by atoms with Crippen LogP contribution in [0.3, 0.4) is 0 Å². The molecule has 114 valence electrons. The van der Waals surface area contributed by atoms with Gasteiger partial charge in [-0.15, -0.1) is 0 Å². The van der Waals surface area contributed by atoms with Crippen LogP contribution in [0, 0.1) is 0 Å². The second-order valence-corrected chi connectivity index (χ2v) is 5.88. The zero-order chi connectivity index (χ0) is 15.9. The number of furan rings is 1. The molecule has 0 amide bonds. The Kier molecular flexibility index (Phi) is 3.05. The van der Waals surface area contributed by atoms with Crippen LogP contribution in [0.1, 0.15) is 18.1 Å². The van der Waals surface area contributed by atoms with Gasteiger partial charge in [0, 0.05) is 22.9 Å². The van der Waals surface area contributed by atoms with E-state index in [4.69, 9.17) is 9.15 Å². The van der Waals surface area contributed by atoms with Gasteiger partial charge in [0.1, 0.15) is 5.58 Å². The van der Waals surface area contributed by atoms with Gasteiger partial charge < -0.3 is 9.15 Å². The molecule has 0 fully saturated rings. The molecule has 0 saturated heterocycles. The van der Waals surface area contributed by atoms with Gasteiger partial charge in [0.15, 0.2) is 5.54 Å². The van der Waals surface area contributed by atoms with E-state index >= 15 is 0 Å². The van der Waals surface area contributed by atoms with E-state index in [1.807, 2.05) is 54.6 Å². The molecule has 0 N–H and O–H groups in total. The fourth-order valence-electron chi connectivity index (χ4n) is 2.85. The minimum atomic E-state index is -0.933. The lowest BCUT2D eigenvalue weighted by molar-refractivity contribution is -0.138. The van der Waals surface area contributed by atoms with E-state index in [1.165, 1.54) is 0 Å². The lowest BCUT2D eigenvalue weighted by Crippen LogP contribution is -2.32. The highest BCUT2D eigenvalue weighted by Crippen LogP contribution is 2.30. The van der Waals surface area contributed by atoms with Crippen molar-refractivity contribution >= 4 is 22.8 Å². The summed E-state index contributed by atoms with van der Waals surface area (Å²) in [4.78, 5) is 16.9. The predicted molar refractivity (Wildman–Crippen MR) is 87.4 cm³/mol. The first-order valence-corrected chi connectivity index (χ1v) is 7.48. The lowest BCUT2D eigenvalue weighted by atomic mass is 9.94. The summed E-state index contributed by atoms with van der Waals surface area (Å²) in [6.45, 7) is 1.80. The molecular weight excluding hydrogens is 290 g/mol. The van der Waals surface area contributed by atoms with Crippen molar-refractivity contribution in [2.45, 2.75) is 18.9 Å². The van der Waals surface area contributed by atoms with Crippen molar-refractivity contribution in [2.75, 3.05) is 0 Å². The smallest absolute Gasteiger partial charge is 0.340 e. The van der Waals surface area contributed by atoms with Crippen LogP contribution < -0.4 is 0 Å². The first kappa shape index (κ1) is 13.8. The molecule has 2 heterocycles. The number of ether oxygens (including phenoxy) is 1. The molecule has 2 aromatic carbocycles. The molecule has 0 radical (unpaired) electrons. The van der Waals surface area contributed by atoms with Crippen molar-refractivity contribution in [1.29, 1.82) is 0 Å². The molecule has 0 unspecified atom stereocenters. The molecule has 1 atom stereocenters. The van der Waals surface area contributed by atoms with Gasteiger partial charge in [0.25, 0.3) is 0 Å². The number of carbonyl (C=O) groups is 1. The number of carbonyl (C=O) groups excluding carboxylic acids is 1. The number of nitrogens with zero attached hydrogens (tertiary/aromatic N) is 1. The molecule has 1 aromatic heterocycles. The Morgan fingerprint density at radius 3 is 2.61 bits per heavy atom. The summed E-state index contributed by atoms with van der Waals surface area (Å²) in [5.41, 5.74) is 1.64. The Hall–Kier alpha value is -2.88. The highest BCUT2D eigenvalue weighted by molar-refractivity contribution is 6.08. The first-order chi connectivity index (χ1) is 11.2. The second kappa shape index (κ2) is 5.09. The summed E-state index contributed by atoms with van der Waals surface area (Å²) >= 11 is 0. The van der Waals surface area contributed by atoms with Crippen LogP contribution in [0.25, 0.3) is 11.0 Å². The molecule has 0 aliphatic carbocycles. The van der Waals surface area contributed by atoms with Crippen molar-refractivity contribution in [3.8, 4) is 0 Å². The van der Waals surface area contributed by atoms with Gasteiger partial charge in [-0.1, -0.05) is 36.4 Å². The monoisotopic (exact) mass is 305 g/mol. The zero-order valence-electron chi connectivity index (χ0n) is 12.7. The van der Waals surface area contributed by atoms with E-state index in [9.17, 15) is 4.79 Å². The van der Waals surface area contributed by atoms with Crippen molar-refractivity contribution in [3.63, 3.8) is 0 Å². The van der Waals surface area contributed by atoms with E-state index in [0.717, 1.165) is 22.1 Å². The van der Waals surface area contributed by atoms with Crippen molar-refractivity contribution in [3.05, 3.63) is 72.0 Å². The summed E-state index contributed by atoms with van der Waals surface area (Å²) in [6.07, 6.45) is 2.14. The molecule has 4 heteroatoms. The van der Waals surface area contributed by atoms with E-state index in [-0.39, 0.29) is 5.97 Å². The molecule has 1 aliphatic rings. The number of benzene rings is 2. The maximum atomic E-state index is 12.4. The maximum absolute atomic E-state index is 12.4. The summed E-state index contributed by atoms with van der Waals surface area (Å²) < 4.78 is 11.0. The first-order valence-electron chi connectivity index (χ1n) is 7.48. The third-order valence-electron chi connectivity index (χ3n) is 4.09. The van der Waals surface area contributed by atoms with Crippen LogP contribution in [0.5, 0.6) is 0 Å². The van der Waals surface area contributed by atoms with Gasteiger partial charge >= 0.3 is 5.97 Å². The number of hydrogen-bond donors (Lipinski definition) is 0. The fourth-order valence-corrected chi connectivity index (χ4v) is 2.85. The lowest BCUT2D eigenvalue weighted by Gasteiger charge is -2.14. The highest BCUT2D eigenvalue weighted by atomic mass is 16.6. The molecule has 3 aromatic rings. The summed E-state index contributed by atoms with van der Waals surface area (Å²) in [6, 6.07) is 17.2. The maximum Gasteiger partial charge on any atom is 0.340 e. The molecule has 4 rings (SSSR count). The quantitative estimate of drug-likeness (QED) is 0.693. The summed E-state index contributed by atoms with van der Waals surface area (Å²) in [5, 5.41) is 1.00. The van der Waals surface area contributed by atoms with Crippen LogP contribution in [0.2, 0.25) is 0 Å². The van der Waals surface area contributed by atoms with Crippen molar-refractivity contribution in [2.24, 2.45) is 4.99 Å². The Bertz CT molecular complexity index is 911. The Balaban J connectivity index is 1.70. The van der Waals surface area contributed by atoms with Gasteiger partial charge in [-0.2, -0.15) is 0 Å². The molecule has 4 nitrogen and oxygen atoms in total. The molecular formula is C19H15NO3. The predicted octanol–water partition coefficient (Wildman–Crippen LogP) is 3.74. The third kappa shape index (κ3) is 2.32. The van der Waals surface area contributed by atoms with Gasteiger partial charge in [-0.3, -0.25) is 0 Å². The normalized spacial score (nSPS) is 20.6. The van der Waals surface area contributed by atoms with E-state index in [2.05, 4.69) is 4.99 Å². The molecule has 0 bridgehead atoms. The standard InChI is InChI=1S/C19H15NO3/c1-19(11-14-12-22-16-10-6-5-9-15(14)16)18(21)23-17(20-19)13-7-3-2-4-8-13/h2-10,12H,11H2,1H3/t19-/m0/s1. The highest BCUT2D eigenvalue weighted by Gasteiger charge is 2.42. The molecule has 23 heavy (non-hydrogen) atoms. The van der Waals surface area contributed by atoms with Crippen molar-refractivity contribution in [1.82, 2.24) is 0 Å². The van der Waals surface area contributed by atoms with Crippen LogP contribution in [-0.2, 0) is 16.0 Å².